The quantitative estimate of drug-likeness (QED) is 0.123. The summed E-state index contributed by atoms with van der Waals surface area (Å²) in [6, 6.07) is 25.6. The lowest BCUT2D eigenvalue weighted by atomic mass is 9.49. The minimum atomic E-state index is -1.48. The minimum Gasteiger partial charge on any atom is -0.503 e. The van der Waals surface area contributed by atoms with Gasteiger partial charge in [0.15, 0.2) is 17.3 Å². The molecule has 9 nitrogen and oxygen atoms in total. The van der Waals surface area contributed by atoms with Crippen LogP contribution in [0, 0.1) is 23.7 Å². The molecule has 2 heterocycles. The van der Waals surface area contributed by atoms with Crippen LogP contribution in [0.4, 0.5) is 11.4 Å². The van der Waals surface area contributed by atoms with Gasteiger partial charge in [0.2, 0.25) is 23.6 Å². The number of phenolic OH excluding ortho intramolecular Hbond substituents is 1. The van der Waals surface area contributed by atoms with Gasteiger partial charge in [-0.3, -0.25) is 28.9 Å². The highest BCUT2D eigenvalue weighted by molar-refractivity contribution is 9.10. The molecule has 2 aliphatic heterocycles. The summed E-state index contributed by atoms with van der Waals surface area (Å²) in [6.07, 6.45) is 2.34. The number of Topliss-reactive ketones (excluding diaryl/α,β-unsaturated/α-hetero) is 1. The molecule has 6 atom stereocenters. The molecule has 0 bridgehead atoms. The molecule has 0 radical (unpaired) electrons. The summed E-state index contributed by atoms with van der Waals surface area (Å²) in [5, 5.41) is 11.2. The number of hydrogen-bond acceptors (Lipinski definition) is 7. The third-order valence-electron chi connectivity index (χ3n) is 11.3. The number of aromatic hydroxyl groups is 1. The SMILES string of the molecule is COc1cc(C2C3=CCC4C(=O)N(c5ccc(C(C)=O)cc5)C(=O)C4C3CC3C(=O)N(c4cccc(Cl)c4)C(=O)C32c2ccccc2)cc(Br)c1O. The second-order valence-corrected chi connectivity index (χ2v) is 15.1. The lowest BCUT2D eigenvalue weighted by Gasteiger charge is -2.50. The summed E-state index contributed by atoms with van der Waals surface area (Å²) in [6.45, 7) is 1.45. The lowest BCUT2D eigenvalue weighted by Crippen LogP contribution is -2.53. The van der Waals surface area contributed by atoms with E-state index in [2.05, 4.69) is 15.9 Å². The normalized spacial score (nSPS) is 26.5. The van der Waals surface area contributed by atoms with E-state index in [1.807, 2.05) is 36.4 Å². The van der Waals surface area contributed by atoms with E-state index in [1.54, 1.807) is 60.7 Å². The number of allylic oxidation sites excluding steroid dienone is 2. The van der Waals surface area contributed by atoms with Crippen LogP contribution in [0.3, 0.4) is 0 Å². The van der Waals surface area contributed by atoms with Gasteiger partial charge in [0.05, 0.1) is 46.1 Å². The Morgan fingerprint density at radius 2 is 1.60 bits per heavy atom. The molecule has 1 saturated carbocycles. The third-order valence-corrected chi connectivity index (χ3v) is 12.1. The highest BCUT2D eigenvalue weighted by atomic mass is 79.9. The second-order valence-electron chi connectivity index (χ2n) is 13.8. The van der Waals surface area contributed by atoms with Crippen LogP contribution in [0.2, 0.25) is 5.02 Å². The van der Waals surface area contributed by atoms with Crippen molar-refractivity contribution in [3.8, 4) is 11.5 Å². The molecule has 4 aliphatic rings. The Hall–Kier alpha value is -5.06. The van der Waals surface area contributed by atoms with Crippen molar-refractivity contribution in [2.45, 2.75) is 31.1 Å². The Morgan fingerprint density at radius 1 is 0.865 bits per heavy atom. The first-order valence-corrected chi connectivity index (χ1v) is 18.1. The molecule has 2 aliphatic carbocycles. The Kier molecular flexibility index (Phi) is 8.23. The number of benzene rings is 4. The van der Waals surface area contributed by atoms with Gasteiger partial charge in [-0.2, -0.15) is 0 Å². The molecule has 3 fully saturated rings. The Balaban J connectivity index is 1.35. The van der Waals surface area contributed by atoms with Crippen LogP contribution in [0.5, 0.6) is 11.5 Å². The average Bonchev–Trinajstić information content (AvgIpc) is 3.53. The Bertz CT molecular complexity index is 2240. The van der Waals surface area contributed by atoms with Gasteiger partial charge < -0.3 is 9.84 Å². The van der Waals surface area contributed by atoms with Crippen LogP contribution in [-0.2, 0) is 24.6 Å². The number of ether oxygens (including phenoxy) is 1. The molecule has 4 aromatic rings. The van der Waals surface area contributed by atoms with E-state index in [1.165, 1.54) is 23.8 Å². The molecule has 8 rings (SSSR count). The maximum Gasteiger partial charge on any atom is 0.246 e. The number of ketones is 1. The third kappa shape index (κ3) is 4.84. The van der Waals surface area contributed by atoms with Crippen molar-refractivity contribution in [2.24, 2.45) is 23.7 Å². The maximum atomic E-state index is 15.4. The molecule has 11 heteroatoms. The number of phenols is 1. The molecule has 1 N–H and O–H groups in total. The number of hydrogen-bond donors (Lipinski definition) is 1. The molecular formula is C41H32BrClN2O7. The van der Waals surface area contributed by atoms with Gasteiger partial charge >= 0.3 is 0 Å². The lowest BCUT2D eigenvalue weighted by molar-refractivity contribution is -0.127. The first kappa shape index (κ1) is 34.0. The zero-order chi connectivity index (χ0) is 36.6. The highest BCUT2D eigenvalue weighted by Gasteiger charge is 2.70. The Morgan fingerprint density at radius 3 is 2.27 bits per heavy atom. The number of carbonyl (C=O) groups excluding carboxylic acids is 5. The van der Waals surface area contributed by atoms with Crippen molar-refractivity contribution in [2.75, 3.05) is 16.9 Å². The first-order chi connectivity index (χ1) is 25.0. The molecule has 262 valence electrons. The maximum absolute atomic E-state index is 15.4. The fourth-order valence-electron chi connectivity index (χ4n) is 9.13. The molecule has 0 aromatic heterocycles. The van der Waals surface area contributed by atoms with E-state index in [0.29, 0.717) is 37.6 Å². The van der Waals surface area contributed by atoms with Gasteiger partial charge in [-0.25, -0.2) is 4.90 Å². The van der Waals surface area contributed by atoms with E-state index in [4.69, 9.17) is 16.3 Å². The summed E-state index contributed by atoms with van der Waals surface area (Å²) in [4.78, 5) is 73.3. The standard InChI is InChI=1S/C41H32BrClN2O7/c1-21(46)22-11-13-26(14-12-22)44-37(48)29-16-15-28-30(34(29)39(44)50)20-31-38(49)45(27-10-6-9-25(43)19-27)40(51)41(31,24-7-4-3-5-8-24)35(28)23-17-32(42)36(47)33(18-23)52-2/h3-15,17-19,29-31,34-35,47H,16,20H2,1-2H3. The number of amides is 4. The van der Waals surface area contributed by atoms with E-state index in [9.17, 15) is 24.3 Å². The Labute approximate surface area is 312 Å². The van der Waals surface area contributed by atoms with Crippen molar-refractivity contribution in [3.63, 3.8) is 0 Å². The molecule has 52 heavy (non-hydrogen) atoms. The largest absolute Gasteiger partial charge is 0.503 e. The zero-order valence-electron chi connectivity index (χ0n) is 28.1. The number of methoxy groups -OCH3 is 1. The number of imide groups is 2. The van der Waals surface area contributed by atoms with Gasteiger partial charge in [0.25, 0.3) is 0 Å². The van der Waals surface area contributed by atoms with Gasteiger partial charge in [0.1, 0.15) is 0 Å². The zero-order valence-corrected chi connectivity index (χ0v) is 30.4. The van der Waals surface area contributed by atoms with Crippen molar-refractivity contribution < 1.29 is 33.8 Å². The second kappa shape index (κ2) is 12.6. The summed E-state index contributed by atoms with van der Waals surface area (Å²) in [5.74, 6) is -5.53. The van der Waals surface area contributed by atoms with Crippen LogP contribution in [0.15, 0.2) is 107 Å². The van der Waals surface area contributed by atoms with Gasteiger partial charge in [-0.05, 0) is 107 Å². The summed E-state index contributed by atoms with van der Waals surface area (Å²) in [5.41, 5.74) is 1.66. The summed E-state index contributed by atoms with van der Waals surface area (Å²) < 4.78 is 5.91. The minimum absolute atomic E-state index is 0.126. The number of nitrogens with zero attached hydrogens (tertiary/aromatic N) is 2. The molecule has 0 spiro atoms. The van der Waals surface area contributed by atoms with Crippen LogP contribution in [0.25, 0.3) is 0 Å². The van der Waals surface area contributed by atoms with Crippen molar-refractivity contribution in [1.82, 2.24) is 0 Å². The van der Waals surface area contributed by atoms with Gasteiger partial charge in [-0.1, -0.05) is 59.6 Å². The highest BCUT2D eigenvalue weighted by Crippen LogP contribution is 2.65. The molecule has 4 aromatic carbocycles. The van der Waals surface area contributed by atoms with Gasteiger partial charge in [0, 0.05) is 16.5 Å². The molecular weight excluding hydrogens is 748 g/mol. The molecule has 4 amide bonds. The van der Waals surface area contributed by atoms with Crippen molar-refractivity contribution >= 4 is 68.3 Å². The number of carbonyl (C=O) groups is 5. The number of rotatable bonds is 6. The number of fused-ring (bicyclic) bond motifs is 4. The smallest absolute Gasteiger partial charge is 0.246 e. The van der Waals surface area contributed by atoms with E-state index >= 15 is 4.79 Å². The fraction of sp³-hybridized carbons (Fsp3) is 0.244. The van der Waals surface area contributed by atoms with E-state index in [-0.39, 0.29) is 41.9 Å². The van der Waals surface area contributed by atoms with Crippen molar-refractivity contribution in [3.05, 3.63) is 129 Å². The topological polar surface area (TPSA) is 121 Å². The number of halogens is 2. The molecule has 2 saturated heterocycles. The average molecular weight is 780 g/mol. The van der Waals surface area contributed by atoms with Crippen LogP contribution in [0.1, 0.15) is 47.2 Å². The summed E-state index contributed by atoms with van der Waals surface area (Å²) >= 11 is 9.88. The van der Waals surface area contributed by atoms with Gasteiger partial charge in [-0.15, -0.1) is 0 Å². The number of anilines is 2. The first-order valence-electron chi connectivity index (χ1n) is 16.9. The predicted octanol–water partition coefficient (Wildman–Crippen LogP) is 7.39. The predicted molar refractivity (Wildman–Crippen MR) is 197 cm³/mol. The monoisotopic (exact) mass is 778 g/mol. The van der Waals surface area contributed by atoms with E-state index < -0.39 is 46.8 Å². The van der Waals surface area contributed by atoms with E-state index in [0.717, 1.165) is 5.57 Å². The molecule has 6 unspecified atom stereocenters. The van der Waals surface area contributed by atoms with Crippen LogP contribution in [-0.4, -0.2) is 41.6 Å². The van der Waals surface area contributed by atoms with Crippen molar-refractivity contribution in [1.29, 1.82) is 0 Å². The summed E-state index contributed by atoms with van der Waals surface area (Å²) in [7, 11) is 1.43. The fourth-order valence-corrected chi connectivity index (χ4v) is 9.78. The van der Waals surface area contributed by atoms with Crippen LogP contribution >= 0.6 is 27.5 Å². The van der Waals surface area contributed by atoms with Crippen LogP contribution < -0.4 is 14.5 Å².